The van der Waals surface area contributed by atoms with Gasteiger partial charge in [-0.2, -0.15) is 0 Å². The van der Waals surface area contributed by atoms with Crippen molar-refractivity contribution in [2.24, 2.45) is 5.73 Å². The zero-order valence-corrected chi connectivity index (χ0v) is 5.89. The molecule has 0 aromatic carbocycles. The molecule has 9 heavy (non-hydrogen) atoms. The van der Waals surface area contributed by atoms with Crippen LogP contribution < -0.4 is 11.1 Å². The minimum absolute atomic E-state index is 0.515. The van der Waals surface area contributed by atoms with Crippen molar-refractivity contribution in [3.63, 3.8) is 0 Å². The summed E-state index contributed by atoms with van der Waals surface area (Å²) in [4.78, 5) is 0. The predicted molar refractivity (Wildman–Crippen MR) is 37.6 cm³/mol. The van der Waals surface area contributed by atoms with Crippen molar-refractivity contribution in [1.29, 1.82) is 0 Å². The maximum absolute atomic E-state index is 9.11. The summed E-state index contributed by atoms with van der Waals surface area (Å²) in [6.07, 6.45) is 2.99. The van der Waals surface area contributed by atoms with Crippen molar-refractivity contribution in [3.05, 3.63) is 12.4 Å². The van der Waals surface area contributed by atoms with E-state index in [-0.39, 0.29) is 0 Å². The monoisotopic (exact) mass is 130 g/mol. The lowest BCUT2D eigenvalue weighted by atomic mass is 10.1. The smallest absolute Gasteiger partial charge is 0.0763 e. The number of hydrogen-bond acceptors (Lipinski definition) is 3. The van der Waals surface area contributed by atoms with Gasteiger partial charge in [-0.15, -0.1) is 0 Å². The highest BCUT2D eigenvalue weighted by Gasteiger charge is 2.09. The third kappa shape index (κ3) is 7.30. The van der Waals surface area contributed by atoms with E-state index in [0.717, 1.165) is 0 Å². The Bertz CT molecular complexity index is 93.7. The normalized spacial score (nSPS) is 12.3. The summed E-state index contributed by atoms with van der Waals surface area (Å²) in [7, 11) is 0. The van der Waals surface area contributed by atoms with Crippen LogP contribution in [0.4, 0.5) is 0 Å². The van der Waals surface area contributed by atoms with E-state index in [9.17, 15) is 0 Å². The largest absolute Gasteiger partial charge is 0.403 e. The van der Waals surface area contributed by atoms with E-state index in [2.05, 4.69) is 5.32 Å². The van der Waals surface area contributed by atoms with Gasteiger partial charge in [-0.1, -0.05) is 0 Å². The van der Waals surface area contributed by atoms with Gasteiger partial charge in [-0.05, 0) is 13.8 Å². The molecule has 0 aliphatic carbocycles. The van der Waals surface area contributed by atoms with Crippen molar-refractivity contribution < 1.29 is 5.11 Å². The SMILES string of the molecule is CC(C)(O)CN/C=C/N. The van der Waals surface area contributed by atoms with E-state index in [1.807, 2.05) is 0 Å². The van der Waals surface area contributed by atoms with Gasteiger partial charge in [0.2, 0.25) is 0 Å². The number of rotatable bonds is 3. The minimum atomic E-state index is -0.667. The molecule has 0 spiro atoms. The molecular weight excluding hydrogens is 116 g/mol. The minimum Gasteiger partial charge on any atom is -0.403 e. The molecule has 0 radical (unpaired) electrons. The Hall–Kier alpha value is -0.700. The molecule has 0 bridgehead atoms. The van der Waals surface area contributed by atoms with Crippen LogP contribution in [0.25, 0.3) is 0 Å². The fraction of sp³-hybridized carbons (Fsp3) is 0.667. The average Bonchev–Trinajstić information content (AvgIpc) is 1.63. The summed E-state index contributed by atoms with van der Waals surface area (Å²) in [6, 6.07) is 0. The zero-order valence-electron chi connectivity index (χ0n) is 5.89. The van der Waals surface area contributed by atoms with Crippen LogP contribution in [-0.4, -0.2) is 17.3 Å². The van der Waals surface area contributed by atoms with Crippen molar-refractivity contribution in [2.45, 2.75) is 19.4 Å². The lowest BCUT2D eigenvalue weighted by molar-refractivity contribution is 0.0835. The topological polar surface area (TPSA) is 58.3 Å². The highest BCUT2D eigenvalue weighted by Crippen LogP contribution is 1.96. The van der Waals surface area contributed by atoms with E-state index in [1.54, 1.807) is 20.0 Å². The van der Waals surface area contributed by atoms with Crippen LogP contribution in [0.2, 0.25) is 0 Å². The van der Waals surface area contributed by atoms with Crippen LogP contribution in [0.1, 0.15) is 13.8 Å². The van der Waals surface area contributed by atoms with Crippen LogP contribution >= 0.6 is 0 Å². The molecule has 4 N–H and O–H groups in total. The fourth-order valence-corrected chi connectivity index (χ4v) is 0.377. The van der Waals surface area contributed by atoms with E-state index in [4.69, 9.17) is 10.8 Å². The predicted octanol–water partition coefficient (Wildman–Crippen LogP) is -0.223. The molecule has 0 aromatic rings. The lowest BCUT2D eigenvalue weighted by Gasteiger charge is -2.15. The molecule has 0 saturated carbocycles. The third-order valence-corrected chi connectivity index (χ3v) is 0.749. The molecule has 0 heterocycles. The molecule has 0 aliphatic heterocycles. The van der Waals surface area contributed by atoms with Gasteiger partial charge in [0.1, 0.15) is 0 Å². The van der Waals surface area contributed by atoms with Crippen molar-refractivity contribution >= 4 is 0 Å². The number of hydrogen-bond donors (Lipinski definition) is 3. The summed E-state index contributed by atoms with van der Waals surface area (Å²) >= 11 is 0. The van der Waals surface area contributed by atoms with Gasteiger partial charge < -0.3 is 16.2 Å². The third-order valence-electron chi connectivity index (χ3n) is 0.749. The molecule has 0 saturated heterocycles. The molecule has 0 fully saturated rings. The molecule has 3 nitrogen and oxygen atoms in total. The lowest BCUT2D eigenvalue weighted by Crippen LogP contribution is -2.32. The van der Waals surface area contributed by atoms with Crippen LogP contribution in [0, 0.1) is 0 Å². The Balaban J connectivity index is 3.28. The summed E-state index contributed by atoms with van der Waals surface area (Å²) in [5.41, 5.74) is 4.37. The second-order valence-electron chi connectivity index (χ2n) is 2.55. The van der Waals surface area contributed by atoms with Gasteiger partial charge in [0.15, 0.2) is 0 Å². The first-order chi connectivity index (χ1) is 4.06. The van der Waals surface area contributed by atoms with Crippen LogP contribution in [0.5, 0.6) is 0 Å². The van der Waals surface area contributed by atoms with E-state index in [0.29, 0.717) is 6.54 Å². The summed E-state index contributed by atoms with van der Waals surface area (Å²) in [6.45, 7) is 3.97. The van der Waals surface area contributed by atoms with Gasteiger partial charge >= 0.3 is 0 Å². The number of nitrogens with two attached hydrogens (primary N) is 1. The maximum atomic E-state index is 9.11. The van der Waals surface area contributed by atoms with Crippen molar-refractivity contribution in [3.8, 4) is 0 Å². The first kappa shape index (κ1) is 8.30. The highest BCUT2D eigenvalue weighted by atomic mass is 16.3. The fourth-order valence-electron chi connectivity index (χ4n) is 0.377. The van der Waals surface area contributed by atoms with Crippen LogP contribution in [0.3, 0.4) is 0 Å². The van der Waals surface area contributed by atoms with Gasteiger partial charge in [0, 0.05) is 18.9 Å². The molecule has 0 aromatic heterocycles. The Morgan fingerprint density at radius 2 is 2.22 bits per heavy atom. The Morgan fingerprint density at radius 1 is 1.67 bits per heavy atom. The molecular formula is C6H14N2O. The summed E-state index contributed by atoms with van der Waals surface area (Å²) in [5.74, 6) is 0. The number of aliphatic hydroxyl groups is 1. The molecule has 0 amide bonds. The molecule has 0 unspecified atom stereocenters. The van der Waals surface area contributed by atoms with Crippen LogP contribution in [-0.2, 0) is 0 Å². The van der Waals surface area contributed by atoms with Crippen LogP contribution in [0.15, 0.2) is 12.4 Å². The summed E-state index contributed by atoms with van der Waals surface area (Å²) < 4.78 is 0. The first-order valence-corrected chi connectivity index (χ1v) is 2.89. The quantitative estimate of drug-likeness (QED) is 0.495. The zero-order chi connectivity index (χ0) is 7.33. The van der Waals surface area contributed by atoms with Gasteiger partial charge in [-0.25, -0.2) is 0 Å². The van der Waals surface area contributed by atoms with Gasteiger partial charge in [0.25, 0.3) is 0 Å². The Kier molecular flexibility index (Phi) is 3.09. The molecule has 0 atom stereocenters. The number of nitrogens with one attached hydrogen (secondary N) is 1. The first-order valence-electron chi connectivity index (χ1n) is 2.89. The second-order valence-corrected chi connectivity index (χ2v) is 2.55. The molecule has 0 rings (SSSR count). The molecule has 54 valence electrons. The van der Waals surface area contributed by atoms with E-state index in [1.165, 1.54) is 6.20 Å². The standard InChI is InChI=1S/C6H14N2O/c1-6(2,9)5-8-4-3-7/h3-4,8-9H,5,7H2,1-2H3/b4-3+. The summed E-state index contributed by atoms with van der Waals surface area (Å²) in [5, 5.41) is 11.9. The Labute approximate surface area is 55.6 Å². The van der Waals surface area contributed by atoms with Crippen molar-refractivity contribution in [2.75, 3.05) is 6.54 Å². The second kappa shape index (κ2) is 3.35. The van der Waals surface area contributed by atoms with Gasteiger partial charge in [-0.3, -0.25) is 0 Å². The Morgan fingerprint density at radius 3 is 2.56 bits per heavy atom. The highest BCUT2D eigenvalue weighted by molar-refractivity contribution is 4.77. The van der Waals surface area contributed by atoms with E-state index >= 15 is 0 Å². The van der Waals surface area contributed by atoms with E-state index < -0.39 is 5.60 Å². The van der Waals surface area contributed by atoms with Crippen molar-refractivity contribution in [1.82, 2.24) is 5.32 Å². The maximum Gasteiger partial charge on any atom is 0.0763 e. The van der Waals surface area contributed by atoms with Gasteiger partial charge in [0.05, 0.1) is 5.60 Å². The molecule has 0 aliphatic rings. The molecule has 3 heteroatoms. The average molecular weight is 130 g/mol.